The molecule has 6 heteroatoms. The van der Waals surface area contributed by atoms with E-state index in [-0.39, 0.29) is 35.3 Å². The molecular formula is C11H16ClN3O2. The summed E-state index contributed by atoms with van der Waals surface area (Å²) in [7, 11) is 0. The Kier molecular flexibility index (Phi) is 5.31. The highest BCUT2D eigenvalue weighted by molar-refractivity contribution is 6.29. The van der Waals surface area contributed by atoms with Crippen molar-refractivity contribution in [2.45, 2.75) is 26.3 Å². The summed E-state index contributed by atoms with van der Waals surface area (Å²) < 4.78 is 0. The molecule has 0 aliphatic heterocycles. The first kappa shape index (κ1) is 13.9. The van der Waals surface area contributed by atoms with Crippen molar-refractivity contribution in [3.63, 3.8) is 0 Å². The number of carbonyl (C=O) groups excluding carboxylic acids is 1. The third kappa shape index (κ3) is 4.28. The van der Waals surface area contributed by atoms with Gasteiger partial charge >= 0.3 is 0 Å². The predicted octanol–water partition coefficient (Wildman–Crippen LogP) is 1.27. The van der Waals surface area contributed by atoms with E-state index in [2.05, 4.69) is 15.3 Å². The number of hydrogen-bond acceptors (Lipinski definition) is 4. The summed E-state index contributed by atoms with van der Waals surface area (Å²) in [6.45, 7) is 3.98. The van der Waals surface area contributed by atoms with Crippen LogP contribution in [-0.4, -0.2) is 33.6 Å². The van der Waals surface area contributed by atoms with Gasteiger partial charge in [0.1, 0.15) is 10.8 Å². The van der Waals surface area contributed by atoms with Gasteiger partial charge in [-0.15, -0.1) is 0 Å². The molecule has 2 N–H and O–H groups in total. The van der Waals surface area contributed by atoms with E-state index in [0.717, 1.165) is 0 Å². The summed E-state index contributed by atoms with van der Waals surface area (Å²) in [6, 6.07) is -0.0896. The van der Waals surface area contributed by atoms with Gasteiger partial charge in [-0.2, -0.15) is 0 Å². The molecule has 1 heterocycles. The van der Waals surface area contributed by atoms with Crippen LogP contribution in [0.5, 0.6) is 0 Å². The van der Waals surface area contributed by atoms with E-state index >= 15 is 0 Å². The normalized spacial score (nSPS) is 12.5. The zero-order chi connectivity index (χ0) is 12.8. The first-order valence-corrected chi connectivity index (χ1v) is 5.81. The maximum Gasteiger partial charge on any atom is 0.271 e. The van der Waals surface area contributed by atoms with Crippen molar-refractivity contribution >= 4 is 17.5 Å². The molecule has 0 saturated carbocycles. The van der Waals surface area contributed by atoms with Crippen LogP contribution >= 0.6 is 11.6 Å². The van der Waals surface area contributed by atoms with E-state index in [0.29, 0.717) is 6.42 Å². The van der Waals surface area contributed by atoms with Gasteiger partial charge in [0.15, 0.2) is 0 Å². The molecule has 17 heavy (non-hydrogen) atoms. The van der Waals surface area contributed by atoms with Crippen LogP contribution in [0, 0.1) is 5.92 Å². The number of halogens is 1. The summed E-state index contributed by atoms with van der Waals surface area (Å²) in [5, 5.41) is 11.9. The Labute approximate surface area is 105 Å². The van der Waals surface area contributed by atoms with Crippen LogP contribution < -0.4 is 5.32 Å². The van der Waals surface area contributed by atoms with Gasteiger partial charge in [-0.1, -0.05) is 25.4 Å². The molecule has 1 aromatic heterocycles. The average Bonchev–Trinajstić information content (AvgIpc) is 2.28. The van der Waals surface area contributed by atoms with Crippen LogP contribution in [-0.2, 0) is 0 Å². The molecule has 5 nitrogen and oxygen atoms in total. The molecule has 1 amide bonds. The minimum absolute atomic E-state index is 0.0321. The number of aliphatic hydroxyl groups excluding tert-OH is 1. The predicted molar refractivity (Wildman–Crippen MR) is 64.8 cm³/mol. The zero-order valence-corrected chi connectivity index (χ0v) is 10.6. The van der Waals surface area contributed by atoms with Crippen LogP contribution in [0.15, 0.2) is 12.4 Å². The molecule has 1 unspecified atom stereocenters. The van der Waals surface area contributed by atoms with Gasteiger partial charge in [0.25, 0.3) is 5.91 Å². The lowest BCUT2D eigenvalue weighted by Gasteiger charge is -2.21. The van der Waals surface area contributed by atoms with Crippen molar-refractivity contribution in [1.82, 2.24) is 15.3 Å². The van der Waals surface area contributed by atoms with Crippen molar-refractivity contribution in [1.29, 1.82) is 0 Å². The molecule has 0 aliphatic carbocycles. The van der Waals surface area contributed by atoms with Gasteiger partial charge in [-0.3, -0.25) is 9.78 Å². The van der Waals surface area contributed by atoms with E-state index < -0.39 is 0 Å². The van der Waals surface area contributed by atoms with Gasteiger partial charge < -0.3 is 10.4 Å². The fourth-order valence-electron chi connectivity index (χ4n) is 1.41. The fraction of sp³-hybridized carbons (Fsp3) is 0.545. The summed E-state index contributed by atoms with van der Waals surface area (Å²) in [5.74, 6) is -0.0922. The minimum Gasteiger partial charge on any atom is -0.396 e. The van der Waals surface area contributed by atoms with Crippen molar-refractivity contribution in [3.05, 3.63) is 23.2 Å². The third-order valence-electron chi connectivity index (χ3n) is 2.40. The maximum atomic E-state index is 11.8. The Balaban J connectivity index is 2.70. The van der Waals surface area contributed by atoms with Gasteiger partial charge in [0, 0.05) is 12.6 Å². The standard InChI is InChI=1S/C11H16ClN3O2/c1-7(2)8(3-4-16)15-11(17)9-5-13-6-10(12)14-9/h5-8,16H,3-4H2,1-2H3,(H,15,17). The smallest absolute Gasteiger partial charge is 0.271 e. The minimum atomic E-state index is -0.327. The van der Waals surface area contributed by atoms with Crippen LogP contribution in [0.4, 0.5) is 0 Å². The third-order valence-corrected chi connectivity index (χ3v) is 2.58. The molecule has 0 aromatic carbocycles. The quantitative estimate of drug-likeness (QED) is 0.833. The molecular weight excluding hydrogens is 242 g/mol. The molecule has 0 radical (unpaired) electrons. The van der Waals surface area contributed by atoms with Crippen LogP contribution in [0.3, 0.4) is 0 Å². The molecule has 1 rings (SSSR count). The number of hydrogen-bond donors (Lipinski definition) is 2. The number of amides is 1. The Morgan fingerprint density at radius 3 is 2.76 bits per heavy atom. The van der Waals surface area contributed by atoms with E-state index in [9.17, 15) is 4.79 Å². The molecule has 94 valence electrons. The SMILES string of the molecule is CC(C)C(CCO)NC(=O)c1cncc(Cl)n1. The van der Waals surface area contributed by atoms with Gasteiger partial charge in [-0.25, -0.2) is 4.98 Å². The Hall–Kier alpha value is -1.20. The molecule has 0 saturated heterocycles. The highest BCUT2D eigenvalue weighted by Gasteiger charge is 2.17. The van der Waals surface area contributed by atoms with Gasteiger partial charge in [0.2, 0.25) is 0 Å². The summed E-state index contributed by atoms with van der Waals surface area (Å²) in [5.41, 5.74) is 0.182. The average molecular weight is 258 g/mol. The lowest BCUT2D eigenvalue weighted by atomic mass is 10.0. The van der Waals surface area contributed by atoms with E-state index in [1.807, 2.05) is 13.8 Å². The Bertz CT molecular complexity index is 385. The number of rotatable bonds is 5. The van der Waals surface area contributed by atoms with Crippen LogP contribution in [0.25, 0.3) is 0 Å². The highest BCUT2D eigenvalue weighted by Crippen LogP contribution is 2.08. The Morgan fingerprint density at radius 2 is 2.24 bits per heavy atom. The lowest BCUT2D eigenvalue weighted by molar-refractivity contribution is 0.0911. The van der Waals surface area contributed by atoms with Crippen molar-refractivity contribution in [3.8, 4) is 0 Å². The molecule has 0 bridgehead atoms. The fourth-order valence-corrected chi connectivity index (χ4v) is 1.55. The van der Waals surface area contributed by atoms with Crippen LogP contribution in [0.1, 0.15) is 30.8 Å². The maximum absolute atomic E-state index is 11.8. The second kappa shape index (κ2) is 6.51. The number of aliphatic hydroxyl groups is 1. The zero-order valence-electron chi connectivity index (χ0n) is 9.85. The molecule has 1 aromatic rings. The van der Waals surface area contributed by atoms with Crippen molar-refractivity contribution in [2.24, 2.45) is 5.92 Å². The van der Waals surface area contributed by atoms with E-state index in [4.69, 9.17) is 16.7 Å². The molecule has 0 fully saturated rings. The van der Waals surface area contributed by atoms with E-state index in [1.165, 1.54) is 12.4 Å². The summed E-state index contributed by atoms with van der Waals surface area (Å²) in [6.07, 6.45) is 3.24. The summed E-state index contributed by atoms with van der Waals surface area (Å²) in [4.78, 5) is 19.5. The number of carbonyl (C=O) groups is 1. The lowest BCUT2D eigenvalue weighted by Crippen LogP contribution is -2.39. The topological polar surface area (TPSA) is 75.1 Å². The van der Waals surface area contributed by atoms with E-state index in [1.54, 1.807) is 0 Å². The largest absolute Gasteiger partial charge is 0.396 e. The van der Waals surface area contributed by atoms with Crippen molar-refractivity contribution in [2.75, 3.05) is 6.61 Å². The molecule has 0 aliphatic rings. The van der Waals surface area contributed by atoms with Gasteiger partial charge in [0.05, 0.1) is 12.4 Å². The number of nitrogens with one attached hydrogen (secondary N) is 1. The Morgan fingerprint density at radius 1 is 1.53 bits per heavy atom. The molecule has 1 atom stereocenters. The number of aromatic nitrogens is 2. The summed E-state index contributed by atoms with van der Waals surface area (Å²) >= 11 is 5.66. The second-order valence-corrected chi connectivity index (χ2v) is 4.45. The first-order valence-electron chi connectivity index (χ1n) is 5.44. The highest BCUT2D eigenvalue weighted by atomic mass is 35.5. The number of nitrogens with zero attached hydrogens (tertiary/aromatic N) is 2. The second-order valence-electron chi connectivity index (χ2n) is 4.06. The van der Waals surface area contributed by atoms with Crippen molar-refractivity contribution < 1.29 is 9.90 Å². The molecule has 0 spiro atoms. The van der Waals surface area contributed by atoms with Gasteiger partial charge in [-0.05, 0) is 12.3 Å². The van der Waals surface area contributed by atoms with Crippen LogP contribution in [0.2, 0.25) is 5.15 Å². The monoisotopic (exact) mass is 257 g/mol. The first-order chi connectivity index (χ1) is 8.04.